The van der Waals surface area contributed by atoms with E-state index in [9.17, 15) is 0 Å². The molecule has 1 saturated carbocycles. The molecule has 0 bridgehead atoms. The molecule has 2 nitrogen and oxygen atoms in total. The van der Waals surface area contributed by atoms with Crippen molar-refractivity contribution in [2.75, 3.05) is 21.2 Å². The normalized spacial score (nSPS) is 24.2. The van der Waals surface area contributed by atoms with Gasteiger partial charge in [-0.2, -0.15) is 0 Å². The van der Waals surface area contributed by atoms with Gasteiger partial charge in [0.15, 0.2) is 0 Å². The van der Waals surface area contributed by atoms with E-state index < -0.39 is 0 Å². The fourth-order valence-electron chi connectivity index (χ4n) is 1.64. The van der Waals surface area contributed by atoms with Gasteiger partial charge in [-0.05, 0) is 0 Å². The van der Waals surface area contributed by atoms with E-state index >= 15 is 0 Å². The van der Waals surface area contributed by atoms with Gasteiger partial charge >= 0.3 is 114 Å². The van der Waals surface area contributed by atoms with Crippen LogP contribution in [-0.4, -0.2) is 53.2 Å². The number of ether oxygens (including phenoxy) is 1. The van der Waals surface area contributed by atoms with Crippen LogP contribution in [0.1, 0.15) is 20.8 Å². The Balaban J connectivity index is 2.52. The Bertz CT molecular complexity index is 222. The fourth-order valence-corrected chi connectivity index (χ4v) is 4.23. The van der Waals surface area contributed by atoms with Crippen molar-refractivity contribution in [3.8, 4) is 0 Å². The number of nitrogens with zero attached hydrogens (tertiary/aromatic N) is 1. The molecule has 3 atom stereocenters. The molecule has 5 radical (unpaired) electrons. The van der Waals surface area contributed by atoms with Crippen molar-refractivity contribution in [2.45, 2.75) is 37.7 Å². The third-order valence-electron chi connectivity index (χ3n) is 3.38. The Morgan fingerprint density at radius 3 is 2.35 bits per heavy atom. The van der Waals surface area contributed by atoms with Crippen LogP contribution in [-0.2, 0) is 4.74 Å². The molecule has 17 heavy (non-hydrogen) atoms. The summed E-state index contributed by atoms with van der Waals surface area (Å²) in [6.45, 7) is 6.70. The molecule has 0 heterocycles. The molecular formula is C14H24NOSe. The molecule has 97 valence electrons. The molecule has 0 N–H and O–H groups in total. The average Bonchev–Trinajstić information content (AvgIpc) is 2.74. The molecule has 0 aromatic carbocycles. The van der Waals surface area contributed by atoms with Crippen LogP contribution in [0.4, 0.5) is 0 Å². The van der Waals surface area contributed by atoms with Gasteiger partial charge in [-0.1, -0.05) is 0 Å². The third kappa shape index (κ3) is 4.24. The maximum atomic E-state index is 5.41. The number of rotatable bonds is 6. The minimum atomic E-state index is 0.340. The first-order valence-corrected chi connectivity index (χ1v) is 7.93. The second kappa shape index (κ2) is 7.13. The Labute approximate surface area is 114 Å². The van der Waals surface area contributed by atoms with Gasteiger partial charge in [-0.3, -0.25) is 0 Å². The summed E-state index contributed by atoms with van der Waals surface area (Å²) >= 11 is 0.485. The van der Waals surface area contributed by atoms with Crippen molar-refractivity contribution >= 4 is 15.0 Å². The van der Waals surface area contributed by atoms with E-state index in [2.05, 4.69) is 59.0 Å². The van der Waals surface area contributed by atoms with Gasteiger partial charge in [0.05, 0.1) is 0 Å². The van der Waals surface area contributed by atoms with Crippen molar-refractivity contribution < 1.29 is 4.74 Å². The molecule has 0 unspecified atom stereocenters. The van der Waals surface area contributed by atoms with Crippen molar-refractivity contribution in [3.05, 3.63) is 30.0 Å². The topological polar surface area (TPSA) is 12.5 Å². The van der Waals surface area contributed by atoms with E-state index in [1.165, 1.54) is 10.7 Å². The van der Waals surface area contributed by atoms with Crippen LogP contribution < -0.4 is 0 Å². The Kier molecular flexibility index (Phi) is 6.50. The first-order valence-electron chi connectivity index (χ1n) is 6.08. The molecule has 3 heteroatoms. The summed E-state index contributed by atoms with van der Waals surface area (Å²) in [5.74, 6) is 1.48. The molecule has 1 fully saturated rings. The summed E-state index contributed by atoms with van der Waals surface area (Å²) in [7, 11) is 6.07. The summed E-state index contributed by atoms with van der Waals surface area (Å²) < 4.78 is 5.41. The molecule has 1 aliphatic rings. The van der Waals surface area contributed by atoms with Gasteiger partial charge in [-0.15, -0.1) is 0 Å². The molecule has 1 rings (SSSR count). The van der Waals surface area contributed by atoms with E-state index in [-0.39, 0.29) is 0 Å². The summed E-state index contributed by atoms with van der Waals surface area (Å²) in [6, 6.07) is 0.493. The average molecular weight is 301 g/mol. The molecule has 0 saturated heterocycles. The first kappa shape index (κ1) is 15.5. The summed E-state index contributed by atoms with van der Waals surface area (Å²) in [5, 5.41) is 0. The van der Waals surface area contributed by atoms with Gasteiger partial charge in [0.25, 0.3) is 0 Å². The third-order valence-corrected chi connectivity index (χ3v) is 6.28. The number of methoxy groups -OCH3 is 1. The van der Waals surface area contributed by atoms with E-state index in [4.69, 9.17) is 4.74 Å². The monoisotopic (exact) mass is 302 g/mol. The van der Waals surface area contributed by atoms with E-state index in [1.807, 2.05) is 0 Å². The van der Waals surface area contributed by atoms with E-state index in [0.29, 0.717) is 31.9 Å². The first-order chi connectivity index (χ1) is 7.97. The fraction of sp³-hybridized carbons (Fsp3) is 0.643. The molecule has 0 aliphatic heterocycles. The summed E-state index contributed by atoms with van der Waals surface area (Å²) in [6.07, 6.45) is 7.05. The second-order valence-electron chi connectivity index (χ2n) is 4.75. The van der Waals surface area contributed by atoms with Crippen molar-refractivity contribution in [3.63, 3.8) is 0 Å². The Hall–Kier alpha value is 0.439. The van der Waals surface area contributed by atoms with Crippen LogP contribution >= 0.6 is 0 Å². The van der Waals surface area contributed by atoms with Gasteiger partial charge < -0.3 is 0 Å². The molecule has 1 aliphatic carbocycles. The Morgan fingerprint density at radius 2 is 1.82 bits per heavy atom. The summed E-state index contributed by atoms with van der Waals surface area (Å²) in [5.41, 5.74) is 0. The standard InChI is InChI=1S/C14H24NOSe/c1-10(15(4)5)13-8-7-9-14(13)17-12(3)11(2)16-6/h7-12H,1-6H3/t10-,11-,12-/m1/s1. The quantitative estimate of drug-likeness (QED) is 0.698. The SMILES string of the molecule is CO[C@H](C)[C@@H](C)[Se][C]1[CH][CH][CH][C]1[C@@H](C)N(C)C. The van der Waals surface area contributed by atoms with Crippen molar-refractivity contribution in [1.82, 2.24) is 4.90 Å². The molecular weight excluding hydrogens is 277 g/mol. The van der Waals surface area contributed by atoms with Crippen molar-refractivity contribution in [1.29, 1.82) is 0 Å². The zero-order valence-electron chi connectivity index (χ0n) is 11.7. The van der Waals surface area contributed by atoms with E-state index in [0.717, 1.165) is 0 Å². The van der Waals surface area contributed by atoms with Crippen LogP contribution in [0.25, 0.3) is 0 Å². The van der Waals surface area contributed by atoms with Crippen LogP contribution in [0.15, 0.2) is 0 Å². The number of hydrogen-bond acceptors (Lipinski definition) is 2. The van der Waals surface area contributed by atoms with Crippen LogP contribution in [0.2, 0.25) is 4.82 Å². The minimum absolute atomic E-state index is 0.340. The van der Waals surface area contributed by atoms with Crippen LogP contribution in [0, 0.1) is 30.0 Å². The molecule has 0 amide bonds. The van der Waals surface area contributed by atoms with Crippen LogP contribution in [0.5, 0.6) is 0 Å². The second-order valence-corrected chi connectivity index (χ2v) is 7.73. The zero-order chi connectivity index (χ0) is 13.0. The van der Waals surface area contributed by atoms with Gasteiger partial charge in [0, 0.05) is 0 Å². The number of hydrogen-bond donors (Lipinski definition) is 0. The van der Waals surface area contributed by atoms with Gasteiger partial charge in [0.1, 0.15) is 0 Å². The summed E-state index contributed by atoms with van der Waals surface area (Å²) in [4.78, 5) is 4.40. The predicted molar refractivity (Wildman–Crippen MR) is 74.2 cm³/mol. The van der Waals surface area contributed by atoms with E-state index in [1.54, 1.807) is 7.11 Å². The molecule has 0 aromatic rings. The molecule has 0 aromatic heterocycles. The Morgan fingerprint density at radius 1 is 1.18 bits per heavy atom. The van der Waals surface area contributed by atoms with Crippen LogP contribution in [0.3, 0.4) is 0 Å². The zero-order valence-corrected chi connectivity index (χ0v) is 13.4. The predicted octanol–water partition coefficient (Wildman–Crippen LogP) is 2.22. The van der Waals surface area contributed by atoms with Crippen molar-refractivity contribution in [2.24, 2.45) is 0 Å². The molecule has 0 spiro atoms. The van der Waals surface area contributed by atoms with Gasteiger partial charge in [0.2, 0.25) is 0 Å². The maximum absolute atomic E-state index is 5.41. The van der Waals surface area contributed by atoms with Gasteiger partial charge in [-0.25, -0.2) is 0 Å².